The van der Waals surface area contributed by atoms with Gasteiger partial charge in [-0.15, -0.1) is 0 Å². The van der Waals surface area contributed by atoms with Gasteiger partial charge in [0.15, 0.2) is 0 Å². The zero-order chi connectivity index (χ0) is 15.2. The third kappa shape index (κ3) is 4.87. The molecular weight excluding hydrogens is 307 g/mol. The molecule has 5 heteroatoms. The average Bonchev–Trinajstić information content (AvgIpc) is 2.47. The quantitative estimate of drug-likeness (QED) is 0.898. The van der Waals surface area contributed by atoms with Crippen LogP contribution in [0.4, 0.5) is 0 Å². The van der Waals surface area contributed by atoms with Crippen LogP contribution in [0.15, 0.2) is 18.2 Å². The summed E-state index contributed by atoms with van der Waals surface area (Å²) in [6, 6.07) is 5.44. The number of carbonyl (C=O) groups is 1. The standard InChI is InChI=1S/C16H22Cl2N2O/c1-19-11-12-6-8-20(9-7-12)16(21)5-3-13-2-4-14(17)10-15(13)18/h2,4,10,12,19H,3,5-9,11H2,1H3. The first kappa shape index (κ1) is 16.6. The molecule has 21 heavy (non-hydrogen) atoms. The Morgan fingerprint density at radius 1 is 1.33 bits per heavy atom. The highest BCUT2D eigenvalue weighted by Crippen LogP contribution is 2.23. The Balaban J connectivity index is 1.80. The van der Waals surface area contributed by atoms with E-state index >= 15 is 0 Å². The highest BCUT2D eigenvalue weighted by molar-refractivity contribution is 6.35. The molecule has 0 aliphatic carbocycles. The van der Waals surface area contributed by atoms with Crippen molar-refractivity contribution in [3.05, 3.63) is 33.8 Å². The molecule has 0 radical (unpaired) electrons. The molecule has 116 valence electrons. The molecule has 0 saturated carbocycles. The van der Waals surface area contributed by atoms with Gasteiger partial charge in [0.05, 0.1) is 0 Å². The highest BCUT2D eigenvalue weighted by atomic mass is 35.5. The molecule has 1 heterocycles. The van der Waals surface area contributed by atoms with Gasteiger partial charge in [0.1, 0.15) is 0 Å². The highest BCUT2D eigenvalue weighted by Gasteiger charge is 2.22. The Hall–Kier alpha value is -0.770. The zero-order valence-corrected chi connectivity index (χ0v) is 13.9. The van der Waals surface area contributed by atoms with Crippen LogP contribution >= 0.6 is 23.2 Å². The summed E-state index contributed by atoms with van der Waals surface area (Å²) in [6.07, 6.45) is 3.37. The Bertz CT molecular complexity index is 485. The lowest BCUT2D eigenvalue weighted by Crippen LogP contribution is -2.40. The van der Waals surface area contributed by atoms with Crippen molar-refractivity contribution < 1.29 is 4.79 Å². The number of hydrogen-bond acceptors (Lipinski definition) is 2. The molecular formula is C16H22Cl2N2O. The van der Waals surface area contributed by atoms with Crippen molar-refractivity contribution in [2.24, 2.45) is 5.92 Å². The molecule has 1 saturated heterocycles. The number of piperidine rings is 1. The maximum absolute atomic E-state index is 12.3. The van der Waals surface area contributed by atoms with Gasteiger partial charge < -0.3 is 10.2 Å². The van der Waals surface area contributed by atoms with Gasteiger partial charge in [-0.1, -0.05) is 29.3 Å². The van der Waals surface area contributed by atoms with Crippen molar-refractivity contribution in [1.29, 1.82) is 0 Å². The second kappa shape index (κ2) is 8.02. The van der Waals surface area contributed by atoms with Crippen LogP contribution in [-0.2, 0) is 11.2 Å². The van der Waals surface area contributed by atoms with Crippen LogP contribution in [0.3, 0.4) is 0 Å². The predicted molar refractivity (Wildman–Crippen MR) is 88.0 cm³/mol. The summed E-state index contributed by atoms with van der Waals surface area (Å²) in [5.74, 6) is 0.925. The van der Waals surface area contributed by atoms with E-state index < -0.39 is 0 Å². The van der Waals surface area contributed by atoms with Crippen molar-refractivity contribution in [2.45, 2.75) is 25.7 Å². The number of nitrogens with one attached hydrogen (secondary N) is 1. The third-order valence-corrected chi connectivity index (χ3v) is 4.67. The fourth-order valence-electron chi connectivity index (χ4n) is 2.80. The van der Waals surface area contributed by atoms with E-state index in [9.17, 15) is 4.79 Å². The second-order valence-corrected chi connectivity index (χ2v) is 6.46. The Morgan fingerprint density at radius 3 is 2.67 bits per heavy atom. The Morgan fingerprint density at radius 2 is 2.05 bits per heavy atom. The van der Waals surface area contributed by atoms with Crippen molar-refractivity contribution in [3.8, 4) is 0 Å². The van der Waals surface area contributed by atoms with Crippen LogP contribution < -0.4 is 5.32 Å². The van der Waals surface area contributed by atoms with Crippen molar-refractivity contribution in [3.63, 3.8) is 0 Å². The van der Waals surface area contributed by atoms with Gasteiger partial charge in [-0.3, -0.25) is 4.79 Å². The van der Waals surface area contributed by atoms with Crippen LogP contribution in [0.25, 0.3) is 0 Å². The van der Waals surface area contributed by atoms with E-state index in [4.69, 9.17) is 23.2 Å². The van der Waals surface area contributed by atoms with Gasteiger partial charge in [-0.25, -0.2) is 0 Å². The van der Waals surface area contributed by atoms with Crippen LogP contribution in [0.1, 0.15) is 24.8 Å². The molecule has 0 atom stereocenters. The minimum Gasteiger partial charge on any atom is -0.343 e. The first-order valence-corrected chi connectivity index (χ1v) is 8.22. The molecule has 1 aliphatic rings. The summed E-state index contributed by atoms with van der Waals surface area (Å²) >= 11 is 12.0. The lowest BCUT2D eigenvalue weighted by atomic mass is 9.96. The fraction of sp³-hybridized carbons (Fsp3) is 0.562. The smallest absolute Gasteiger partial charge is 0.222 e. The van der Waals surface area contributed by atoms with E-state index in [2.05, 4.69) is 5.32 Å². The summed E-state index contributed by atoms with van der Waals surface area (Å²) in [5, 5.41) is 4.48. The number of halogens is 2. The minimum absolute atomic E-state index is 0.226. The number of benzene rings is 1. The molecule has 1 aliphatic heterocycles. The molecule has 1 aromatic rings. The largest absolute Gasteiger partial charge is 0.343 e. The normalized spacial score (nSPS) is 16.2. The van der Waals surface area contributed by atoms with Crippen LogP contribution in [0, 0.1) is 5.92 Å². The molecule has 1 amide bonds. The first-order valence-electron chi connectivity index (χ1n) is 7.46. The van der Waals surface area contributed by atoms with Crippen molar-refractivity contribution >= 4 is 29.1 Å². The fourth-order valence-corrected chi connectivity index (χ4v) is 3.30. The van der Waals surface area contributed by atoms with Gasteiger partial charge in [0.2, 0.25) is 5.91 Å². The number of rotatable bonds is 5. The number of likely N-dealkylation sites (tertiary alicyclic amines) is 1. The molecule has 0 bridgehead atoms. The van der Waals surface area contributed by atoms with E-state index in [-0.39, 0.29) is 5.91 Å². The van der Waals surface area contributed by atoms with E-state index in [1.54, 1.807) is 6.07 Å². The first-order chi connectivity index (χ1) is 10.1. The molecule has 3 nitrogen and oxygen atoms in total. The van der Waals surface area contributed by atoms with Gasteiger partial charge in [0.25, 0.3) is 0 Å². The van der Waals surface area contributed by atoms with Gasteiger partial charge in [-0.05, 0) is 56.5 Å². The molecule has 0 unspecified atom stereocenters. The number of nitrogens with zero attached hydrogens (tertiary/aromatic N) is 1. The average molecular weight is 329 g/mol. The summed E-state index contributed by atoms with van der Waals surface area (Å²) in [5.41, 5.74) is 0.986. The van der Waals surface area contributed by atoms with Crippen LogP contribution in [0.2, 0.25) is 10.0 Å². The van der Waals surface area contributed by atoms with E-state index in [1.807, 2.05) is 24.1 Å². The summed E-state index contributed by atoms with van der Waals surface area (Å²) in [4.78, 5) is 14.2. The second-order valence-electron chi connectivity index (χ2n) is 5.62. The lowest BCUT2D eigenvalue weighted by molar-refractivity contribution is -0.132. The van der Waals surface area contributed by atoms with Gasteiger partial charge >= 0.3 is 0 Å². The summed E-state index contributed by atoms with van der Waals surface area (Å²) < 4.78 is 0. The molecule has 0 aromatic heterocycles. The predicted octanol–water partition coefficient (Wildman–Crippen LogP) is 3.38. The SMILES string of the molecule is CNCC1CCN(C(=O)CCc2ccc(Cl)cc2Cl)CC1. The van der Waals surface area contributed by atoms with Crippen LogP contribution in [-0.4, -0.2) is 37.5 Å². The maximum Gasteiger partial charge on any atom is 0.222 e. The zero-order valence-electron chi connectivity index (χ0n) is 12.4. The third-order valence-electron chi connectivity index (χ3n) is 4.08. The van der Waals surface area contributed by atoms with E-state index in [1.165, 1.54) is 0 Å². The Kier molecular flexibility index (Phi) is 6.34. The molecule has 2 rings (SSSR count). The maximum atomic E-state index is 12.3. The number of amides is 1. The van der Waals surface area contributed by atoms with Crippen molar-refractivity contribution in [1.82, 2.24) is 10.2 Å². The molecule has 1 N–H and O–H groups in total. The number of hydrogen-bond donors (Lipinski definition) is 1. The molecule has 1 fully saturated rings. The molecule has 0 spiro atoms. The summed E-state index contributed by atoms with van der Waals surface area (Å²) in [6.45, 7) is 2.79. The van der Waals surface area contributed by atoms with Gasteiger partial charge in [-0.2, -0.15) is 0 Å². The number of aryl methyl sites for hydroxylation is 1. The minimum atomic E-state index is 0.226. The van der Waals surface area contributed by atoms with Gasteiger partial charge in [0, 0.05) is 29.6 Å². The van der Waals surface area contributed by atoms with Crippen molar-refractivity contribution in [2.75, 3.05) is 26.7 Å². The summed E-state index contributed by atoms with van der Waals surface area (Å²) in [7, 11) is 1.98. The van der Waals surface area contributed by atoms with Crippen LogP contribution in [0.5, 0.6) is 0 Å². The molecule has 1 aromatic carbocycles. The number of carbonyl (C=O) groups excluding carboxylic acids is 1. The monoisotopic (exact) mass is 328 g/mol. The van der Waals surface area contributed by atoms with E-state index in [0.29, 0.717) is 28.8 Å². The Labute approximate surface area is 136 Å². The topological polar surface area (TPSA) is 32.3 Å². The lowest BCUT2D eigenvalue weighted by Gasteiger charge is -2.32. The van der Waals surface area contributed by atoms with E-state index in [0.717, 1.165) is 38.0 Å².